The molecule has 6 nitrogen and oxygen atoms in total. The van der Waals surface area contributed by atoms with Crippen molar-refractivity contribution in [3.8, 4) is 11.5 Å². The van der Waals surface area contributed by atoms with Crippen LogP contribution in [0.4, 0.5) is 0 Å². The summed E-state index contributed by atoms with van der Waals surface area (Å²) in [5, 5.41) is 14.1. The van der Waals surface area contributed by atoms with E-state index in [1.165, 1.54) is 0 Å². The fourth-order valence-corrected chi connectivity index (χ4v) is 1.02. The van der Waals surface area contributed by atoms with E-state index in [1.54, 1.807) is 18.5 Å². The normalized spacial score (nSPS) is 10.4. The third-order valence-electron chi connectivity index (χ3n) is 1.63. The van der Waals surface area contributed by atoms with Crippen molar-refractivity contribution in [2.75, 3.05) is 7.05 Å². The monoisotopic (exact) mass is 191 g/mol. The van der Waals surface area contributed by atoms with Gasteiger partial charge in [0.05, 0.1) is 24.5 Å². The molecule has 0 aliphatic rings. The van der Waals surface area contributed by atoms with Crippen molar-refractivity contribution in [3.63, 3.8) is 0 Å². The van der Waals surface area contributed by atoms with Gasteiger partial charge in [-0.3, -0.25) is 0 Å². The molecule has 14 heavy (non-hydrogen) atoms. The maximum Gasteiger partial charge on any atom is 0.259 e. The predicted octanol–water partition coefficient (Wildman–Crippen LogP) is 0.246. The Hall–Kier alpha value is -1.82. The second-order valence-electron chi connectivity index (χ2n) is 2.68. The van der Waals surface area contributed by atoms with Gasteiger partial charge in [0.25, 0.3) is 5.89 Å². The number of rotatable bonds is 3. The quantitative estimate of drug-likeness (QED) is 0.749. The highest BCUT2D eigenvalue weighted by atomic mass is 16.5. The van der Waals surface area contributed by atoms with Crippen LogP contribution in [-0.2, 0) is 6.54 Å². The summed E-state index contributed by atoms with van der Waals surface area (Å²) in [6.45, 7) is 0.585. The van der Waals surface area contributed by atoms with E-state index in [4.69, 9.17) is 4.52 Å². The number of hydrogen-bond donors (Lipinski definition) is 1. The molecule has 2 aromatic rings. The average molecular weight is 191 g/mol. The van der Waals surface area contributed by atoms with Gasteiger partial charge in [-0.25, -0.2) is 0 Å². The zero-order valence-electron chi connectivity index (χ0n) is 7.64. The van der Waals surface area contributed by atoms with Gasteiger partial charge in [0, 0.05) is 0 Å². The third-order valence-corrected chi connectivity index (χ3v) is 1.63. The van der Waals surface area contributed by atoms with Crippen LogP contribution in [0.2, 0.25) is 0 Å². The SMILES string of the molecule is CNCc1noc(-c2ccnnc2)n1. The summed E-state index contributed by atoms with van der Waals surface area (Å²) in [7, 11) is 1.82. The molecule has 0 bridgehead atoms. The van der Waals surface area contributed by atoms with Crippen molar-refractivity contribution in [1.82, 2.24) is 25.7 Å². The van der Waals surface area contributed by atoms with Gasteiger partial charge in [0.15, 0.2) is 5.82 Å². The minimum Gasteiger partial charge on any atom is -0.334 e. The van der Waals surface area contributed by atoms with Gasteiger partial charge in [-0.1, -0.05) is 5.16 Å². The van der Waals surface area contributed by atoms with E-state index in [9.17, 15) is 0 Å². The smallest absolute Gasteiger partial charge is 0.259 e. The van der Waals surface area contributed by atoms with Crippen LogP contribution in [0.25, 0.3) is 11.5 Å². The first-order valence-electron chi connectivity index (χ1n) is 4.14. The average Bonchev–Trinajstić information content (AvgIpc) is 2.68. The number of nitrogens with one attached hydrogen (secondary N) is 1. The van der Waals surface area contributed by atoms with E-state index in [1.807, 2.05) is 7.05 Å². The number of aromatic nitrogens is 4. The number of hydrogen-bond acceptors (Lipinski definition) is 6. The van der Waals surface area contributed by atoms with E-state index >= 15 is 0 Å². The lowest BCUT2D eigenvalue weighted by Gasteiger charge is -1.89. The fourth-order valence-electron chi connectivity index (χ4n) is 1.02. The molecule has 0 saturated carbocycles. The molecule has 0 amide bonds. The standard InChI is InChI=1S/C8H9N5O/c1-9-5-7-12-8(14-13-7)6-2-3-10-11-4-6/h2-4,9H,5H2,1H3. The van der Waals surface area contributed by atoms with Crippen LogP contribution in [-0.4, -0.2) is 27.4 Å². The molecular formula is C8H9N5O. The molecule has 0 fully saturated rings. The topological polar surface area (TPSA) is 76.7 Å². The Bertz CT molecular complexity index is 399. The van der Waals surface area contributed by atoms with Gasteiger partial charge >= 0.3 is 0 Å². The molecule has 2 heterocycles. The van der Waals surface area contributed by atoms with Crippen LogP contribution in [0, 0.1) is 0 Å². The lowest BCUT2D eigenvalue weighted by molar-refractivity contribution is 0.420. The molecule has 0 spiro atoms. The predicted molar refractivity (Wildman–Crippen MR) is 48.1 cm³/mol. The highest BCUT2D eigenvalue weighted by Gasteiger charge is 2.07. The van der Waals surface area contributed by atoms with E-state index in [0.717, 1.165) is 5.56 Å². The minimum atomic E-state index is 0.463. The van der Waals surface area contributed by atoms with Crippen LogP contribution < -0.4 is 5.32 Å². The molecule has 0 unspecified atom stereocenters. The van der Waals surface area contributed by atoms with Crippen LogP contribution in [0.15, 0.2) is 23.0 Å². The molecule has 72 valence electrons. The molecule has 1 N–H and O–H groups in total. The van der Waals surface area contributed by atoms with E-state index in [-0.39, 0.29) is 0 Å². The van der Waals surface area contributed by atoms with Crippen molar-refractivity contribution in [2.45, 2.75) is 6.54 Å². The highest BCUT2D eigenvalue weighted by Crippen LogP contribution is 2.13. The summed E-state index contributed by atoms with van der Waals surface area (Å²) in [5.74, 6) is 1.09. The van der Waals surface area contributed by atoms with Crippen molar-refractivity contribution < 1.29 is 4.52 Å². The van der Waals surface area contributed by atoms with Crippen LogP contribution >= 0.6 is 0 Å². The molecule has 2 rings (SSSR count). The molecule has 0 atom stereocenters. The Kier molecular flexibility index (Phi) is 2.46. The first-order valence-corrected chi connectivity index (χ1v) is 4.14. The molecule has 0 radical (unpaired) electrons. The van der Waals surface area contributed by atoms with Gasteiger partial charge in [0.1, 0.15) is 0 Å². The van der Waals surface area contributed by atoms with Crippen molar-refractivity contribution in [1.29, 1.82) is 0 Å². The van der Waals surface area contributed by atoms with Gasteiger partial charge in [-0.05, 0) is 13.1 Å². The van der Waals surface area contributed by atoms with Crippen molar-refractivity contribution in [3.05, 3.63) is 24.3 Å². The van der Waals surface area contributed by atoms with E-state index < -0.39 is 0 Å². The molecule has 0 aliphatic carbocycles. The maximum absolute atomic E-state index is 5.03. The molecule has 2 aromatic heterocycles. The third kappa shape index (κ3) is 1.74. The summed E-state index contributed by atoms with van der Waals surface area (Å²) >= 11 is 0. The van der Waals surface area contributed by atoms with Crippen LogP contribution in [0.3, 0.4) is 0 Å². The molecule has 0 aromatic carbocycles. The summed E-state index contributed by atoms with van der Waals surface area (Å²) in [6.07, 6.45) is 3.16. The van der Waals surface area contributed by atoms with Crippen LogP contribution in [0.1, 0.15) is 5.82 Å². The van der Waals surface area contributed by atoms with E-state index in [0.29, 0.717) is 18.3 Å². The Morgan fingerprint density at radius 2 is 2.36 bits per heavy atom. The Morgan fingerprint density at radius 3 is 3.07 bits per heavy atom. The van der Waals surface area contributed by atoms with Crippen molar-refractivity contribution >= 4 is 0 Å². The lowest BCUT2D eigenvalue weighted by atomic mass is 10.3. The van der Waals surface area contributed by atoms with Gasteiger partial charge < -0.3 is 9.84 Å². The Labute approximate surface area is 80.4 Å². The first kappa shape index (κ1) is 8.76. The summed E-state index contributed by atoms with van der Waals surface area (Å²) in [4.78, 5) is 4.16. The molecule has 0 aliphatic heterocycles. The summed E-state index contributed by atoms with van der Waals surface area (Å²) in [5.41, 5.74) is 0.773. The minimum absolute atomic E-state index is 0.463. The second-order valence-corrected chi connectivity index (χ2v) is 2.68. The second kappa shape index (κ2) is 3.93. The lowest BCUT2D eigenvalue weighted by Crippen LogP contribution is -2.06. The van der Waals surface area contributed by atoms with Gasteiger partial charge in [-0.2, -0.15) is 15.2 Å². The fraction of sp³-hybridized carbons (Fsp3) is 0.250. The summed E-state index contributed by atoms with van der Waals surface area (Å²) in [6, 6.07) is 1.77. The maximum atomic E-state index is 5.03. The first-order chi connectivity index (χ1) is 6.90. The zero-order valence-corrected chi connectivity index (χ0v) is 7.64. The summed E-state index contributed by atoms with van der Waals surface area (Å²) < 4.78 is 5.03. The van der Waals surface area contributed by atoms with Gasteiger partial charge in [0.2, 0.25) is 0 Å². The molecule has 6 heteroatoms. The molecular weight excluding hydrogens is 182 g/mol. The van der Waals surface area contributed by atoms with Crippen molar-refractivity contribution in [2.24, 2.45) is 0 Å². The van der Waals surface area contributed by atoms with Crippen LogP contribution in [0.5, 0.6) is 0 Å². The zero-order chi connectivity index (χ0) is 9.80. The molecule has 0 saturated heterocycles. The number of nitrogens with zero attached hydrogens (tertiary/aromatic N) is 4. The van der Waals surface area contributed by atoms with E-state index in [2.05, 4.69) is 25.7 Å². The Morgan fingerprint density at radius 1 is 1.43 bits per heavy atom. The largest absolute Gasteiger partial charge is 0.334 e. The van der Waals surface area contributed by atoms with Gasteiger partial charge in [-0.15, -0.1) is 0 Å². The Balaban J connectivity index is 2.25. The highest BCUT2D eigenvalue weighted by molar-refractivity contribution is 5.49.